The number of hydrogen-bond donors (Lipinski definition) is 2. The average molecular weight is 242 g/mol. The van der Waals surface area contributed by atoms with E-state index in [0.29, 0.717) is 12.3 Å². The minimum atomic E-state index is -0.887. The molecule has 1 fully saturated rings. The summed E-state index contributed by atoms with van der Waals surface area (Å²) in [5, 5.41) is 11.3. The van der Waals surface area contributed by atoms with Crippen molar-refractivity contribution in [3.8, 4) is 12.3 Å². The number of carboxylic acid groups (broad SMARTS) is 1. The van der Waals surface area contributed by atoms with Crippen molar-refractivity contribution >= 4 is 23.8 Å². The Bertz CT molecular complexity index is 314. The van der Waals surface area contributed by atoms with Gasteiger partial charge in [-0.05, 0) is 0 Å². The van der Waals surface area contributed by atoms with E-state index in [0.717, 1.165) is 5.75 Å². The number of aliphatic carboxylic acids is 1. The molecule has 0 saturated carbocycles. The number of nitrogens with zero attached hydrogens (tertiary/aromatic N) is 1. The van der Waals surface area contributed by atoms with Gasteiger partial charge in [-0.25, -0.2) is 4.79 Å². The van der Waals surface area contributed by atoms with E-state index >= 15 is 0 Å². The minimum Gasteiger partial charge on any atom is -0.481 e. The molecule has 1 unspecified atom stereocenters. The van der Waals surface area contributed by atoms with Gasteiger partial charge in [0.05, 0.1) is 19.0 Å². The van der Waals surface area contributed by atoms with Crippen LogP contribution < -0.4 is 5.32 Å². The number of terminal acetylenes is 1. The molecule has 0 aromatic rings. The Kier molecular flexibility index (Phi) is 4.99. The smallest absolute Gasteiger partial charge is 0.318 e. The molecule has 16 heavy (non-hydrogen) atoms. The number of nitrogens with one attached hydrogen (secondary N) is 1. The molecular weight excluding hydrogens is 228 g/mol. The lowest BCUT2D eigenvalue weighted by molar-refractivity contribution is -0.137. The molecule has 88 valence electrons. The Morgan fingerprint density at radius 1 is 1.62 bits per heavy atom. The number of rotatable bonds is 3. The Morgan fingerprint density at radius 2 is 2.38 bits per heavy atom. The number of thioether (sulfide) groups is 1. The highest BCUT2D eigenvalue weighted by atomic mass is 32.2. The van der Waals surface area contributed by atoms with Crippen LogP contribution in [0, 0.1) is 12.3 Å². The highest BCUT2D eigenvalue weighted by molar-refractivity contribution is 7.99. The first-order chi connectivity index (χ1) is 7.65. The molecular formula is C10H14N2O3S. The molecule has 1 saturated heterocycles. The summed E-state index contributed by atoms with van der Waals surface area (Å²) in [5.41, 5.74) is 0. The summed E-state index contributed by atoms with van der Waals surface area (Å²) >= 11 is 1.66. The van der Waals surface area contributed by atoms with Crippen molar-refractivity contribution in [1.82, 2.24) is 10.2 Å². The summed E-state index contributed by atoms with van der Waals surface area (Å²) in [6.07, 6.45) is 5.02. The zero-order valence-corrected chi connectivity index (χ0v) is 9.63. The van der Waals surface area contributed by atoms with Crippen molar-refractivity contribution in [3.63, 3.8) is 0 Å². The van der Waals surface area contributed by atoms with Crippen molar-refractivity contribution in [2.24, 2.45) is 0 Å². The molecule has 0 aromatic carbocycles. The van der Waals surface area contributed by atoms with Crippen molar-refractivity contribution in [1.29, 1.82) is 0 Å². The van der Waals surface area contributed by atoms with Gasteiger partial charge in [-0.2, -0.15) is 11.8 Å². The molecule has 5 nitrogen and oxygen atoms in total. The number of carbonyl (C=O) groups excluding carboxylic acids is 1. The molecule has 0 bridgehead atoms. The summed E-state index contributed by atoms with van der Waals surface area (Å²) in [7, 11) is 0. The average Bonchev–Trinajstić information content (AvgIpc) is 2.26. The van der Waals surface area contributed by atoms with Crippen LogP contribution >= 0.6 is 11.8 Å². The first-order valence-corrected chi connectivity index (χ1v) is 6.08. The molecule has 1 aliphatic heterocycles. The van der Waals surface area contributed by atoms with Crippen molar-refractivity contribution < 1.29 is 14.7 Å². The fourth-order valence-corrected chi connectivity index (χ4v) is 2.58. The second kappa shape index (κ2) is 6.28. The van der Waals surface area contributed by atoms with E-state index < -0.39 is 5.97 Å². The lowest BCUT2D eigenvalue weighted by Crippen LogP contribution is -2.51. The van der Waals surface area contributed by atoms with Gasteiger partial charge in [0.2, 0.25) is 0 Å². The molecule has 1 rings (SSSR count). The summed E-state index contributed by atoms with van der Waals surface area (Å²) < 4.78 is 0. The SMILES string of the molecule is C#CCNC(=O)N1CCSCC1CC(=O)O. The molecule has 0 spiro atoms. The quantitative estimate of drug-likeness (QED) is 0.695. The predicted octanol–water partition coefficient (Wildman–Crippen LogP) is 0.221. The Morgan fingerprint density at radius 3 is 3.00 bits per heavy atom. The van der Waals surface area contributed by atoms with Crippen molar-refractivity contribution in [3.05, 3.63) is 0 Å². The van der Waals surface area contributed by atoms with Gasteiger partial charge in [0.25, 0.3) is 0 Å². The van der Waals surface area contributed by atoms with Crippen LogP contribution in [0.5, 0.6) is 0 Å². The molecule has 0 radical (unpaired) electrons. The van der Waals surface area contributed by atoms with E-state index in [9.17, 15) is 9.59 Å². The van der Waals surface area contributed by atoms with Crippen LogP contribution in [0.1, 0.15) is 6.42 Å². The van der Waals surface area contributed by atoms with E-state index in [1.54, 1.807) is 16.7 Å². The maximum absolute atomic E-state index is 11.7. The monoisotopic (exact) mass is 242 g/mol. The number of urea groups is 1. The minimum absolute atomic E-state index is 0.0174. The third-order valence-corrected chi connectivity index (χ3v) is 3.33. The van der Waals surface area contributed by atoms with Gasteiger partial charge in [-0.3, -0.25) is 4.79 Å². The van der Waals surface area contributed by atoms with Crippen molar-refractivity contribution in [2.45, 2.75) is 12.5 Å². The molecule has 0 aliphatic carbocycles. The molecule has 1 aliphatic rings. The van der Waals surface area contributed by atoms with Crippen LogP contribution in [0.3, 0.4) is 0 Å². The number of carboxylic acids is 1. The van der Waals surface area contributed by atoms with Gasteiger partial charge in [-0.1, -0.05) is 5.92 Å². The third-order valence-electron chi connectivity index (χ3n) is 2.24. The lowest BCUT2D eigenvalue weighted by atomic mass is 10.2. The summed E-state index contributed by atoms with van der Waals surface area (Å²) in [4.78, 5) is 23.9. The van der Waals surface area contributed by atoms with Crippen molar-refractivity contribution in [2.75, 3.05) is 24.6 Å². The van der Waals surface area contributed by atoms with E-state index in [4.69, 9.17) is 11.5 Å². The van der Waals surface area contributed by atoms with E-state index in [2.05, 4.69) is 11.2 Å². The normalized spacial score (nSPS) is 19.9. The molecule has 1 heterocycles. The van der Waals surface area contributed by atoms with Gasteiger partial charge >= 0.3 is 12.0 Å². The maximum Gasteiger partial charge on any atom is 0.318 e. The van der Waals surface area contributed by atoms with Crippen LogP contribution in [0.2, 0.25) is 0 Å². The third kappa shape index (κ3) is 3.66. The van der Waals surface area contributed by atoms with Crippen LogP contribution in [0.15, 0.2) is 0 Å². The summed E-state index contributed by atoms with van der Waals surface area (Å²) in [6, 6.07) is -0.515. The van der Waals surface area contributed by atoms with E-state index in [1.807, 2.05) is 0 Å². The fourth-order valence-electron chi connectivity index (χ4n) is 1.52. The number of carbonyl (C=O) groups is 2. The Labute approximate surface area is 98.6 Å². The second-order valence-electron chi connectivity index (χ2n) is 3.38. The van der Waals surface area contributed by atoms with Gasteiger partial charge in [0, 0.05) is 18.1 Å². The standard InChI is InChI=1S/C10H14N2O3S/c1-2-3-11-10(15)12-4-5-16-7-8(12)6-9(13)14/h1,8H,3-7H2,(H,11,15)(H,13,14). The van der Waals surface area contributed by atoms with Crippen LogP contribution in [-0.4, -0.2) is 52.6 Å². The zero-order valence-electron chi connectivity index (χ0n) is 8.81. The first-order valence-electron chi connectivity index (χ1n) is 4.92. The summed E-state index contributed by atoms with van der Waals surface area (Å²) in [6.45, 7) is 0.737. The van der Waals surface area contributed by atoms with E-state index in [-0.39, 0.29) is 25.0 Å². The van der Waals surface area contributed by atoms with Crippen LogP contribution in [-0.2, 0) is 4.79 Å². The largest absolute Gasteiger partial charge is 0.481 e. The number of hydrogen-bond acceptors (Lipinski definition) is 3. The molecule has 0 aromatic heterocycles. The van der Waals surface area contributed by atoms with Crippen LogP contribution in [0.25, 0.3) is 0 Å². The first kappa shape index (κ1) is 12.7. The van der Waals surface area contributed by atoms with Crippen LogP contribution in [0.4, 0.5) is 4.79 Å². The predicted molar refractivity (Wildman–Crippen MR) is 62.3 cm³/mol. The lowest BCUT2D eigenvalue weighted by Gasteiger charge is -2.34. The van der Waals surface area contributed by atoms with Gasteiger partial charge < -0.3 is 15.3 Å². The molecule has 1 atom stereocenters. The van der Waals surface area contributed by atoms with E-state index in [1.165, 1.54) is 0 Å². The molecule has 2 amide bonds. The highest BCUT2D eigenvalue weighted by Crippen LogP contribution is 2.18. The van der Waals surface area contributed by atoms with Gasteiger partial charge in [0.1, 0.15) is 0 Å². The molecule has 6 heteroatoms. The highest BCUT2D eigenvalue weighted by Gasteiger charge is 2.28. The van der Waals surface area contributed by atoms with Gasteiger partial charge in [0.15, 0.2) is 0 Å². The van der Waals surface area contributed by atoms with Gasteiger partial charge in [-0.15, -0.1) is 6.42 Å². The maximum atomic E-state index is 11.7. The number of amides is 2. The Balaban J connectivity index is 2.55. The topological polar surface area (TPSA) is 69.6 Å². The molecule has 2 N–H and O–H groups in total. The Hall–Kier alpha value is -1.35. The zero-order chi connectivity index (χ0) is 12.0. The fraction of sp³-hybridized carbons (Fsp3) is 0.600. The summed E-state index contributed by atoms with van der Waals surface area (Å²) in [5.74, 6) is 2.92. The second-order valence-corrected chi connectivity index (χ2v) is 4.53.